The predicted molar refractivity (Wildman–Crippen MR) is 99.7 cm³/mol. The Kier molecular flexibility index (Phi) is 9.49. The van der Waals surface area contributed by atoms with Gasteiger partial charge in [-0.2, -0.15) is 0 Å². The summed E-state index contributed by atoms with van der Waals surface area (Å²) in [6.07, 6.45) is 4.76. The van der Waals surface area contributed by atoms with Gasteiger partial charge in [0.1, 0.15) is 0 Å². The third-order valence-corrected chi connectivity index (χ3v) is 5.76. The van der Waals surface area contributed by atoms with Crippen LogP contribution in [0.5, 0.6) is 5.75 Å². The van der Waals surface area contributed by atoms with Crippen molar-refractivity contribution in [3.63, 3.8) is 0 Å². The molecule has 0 aliphatic rings. The Labute approximate surface area is 161 Å². The molecule has 0 atom stereocenters. The van der Waals surface area contributed by atoms with E-state index in [4.69, 9.17) is 38.0 Å². The Balaban J connectivity index is 2.44. The molecule has 0 bridgehead atoms. The molecule has 0 heterocycles. The summed E-state index contributed by atoms with van der Waals surface area (Å²) in [5, 5.41) is 0. The summed E-state index contributed by atoms with van der Waals surface area (Å²) in [6, 6.07) is 1.95. The first-order valence-electron chi connectivity index (χ1n) is 7.54. The summed E-state index contributed by atoms with van der Waals surface area (Å²) >= 11 is 17.3. The molecule has 1 rings (SSSR count). The zero-order chi connectivity index (χ0) is 18.9. The highest BCUT2D eigenvalue weighted by Gasteiger charge is 2.23. The Morgan fingerprint density at radius 1 is 1.20 bits per heavy atom. The van der Waals surface area contributed by atoms with Gasteiger partial charge in [-0.15, -0.1) is 33.2 Å². The Hall–Kier alpha value is -1.08. The van der Waals surface area contributed by atoms with Crippen LogP contribution in [0.2, 0.25) is 6.04 Å². The van der Waals surface area contributed by atoms with Crippen molar-refractivity contribution in [2.45, 2.75) is 31.7 Å². The number of carbonyl (C=O) groups is 2. The van der Waals surface area contributed by atoms with E-state index in [0.29, 0.717) is 18.0 Å². The average Bonchev–Trinajstić information content (AvgIpc) is 2.53. The van der Waals surface area contributed by atoms with Crippen molar-refractivity contribution in [1.29, 1.82) is 0 Å². The summed E-state index contributed by atoms with van der Waals surface area (Å²) in [7, 11) is 1.25. The minimum absolute atomic E-state index is 0.158. The highest BCUT2D eigenvalue weighted by Crippen LogP contribution is 2.27. The van der Waals surface area contributed by atoms with Crippen molar-refractivity contribution >= 4 is 57.3 Å². The van der Waals surface area contributed by atoms with Crippen molar-refractivity contribution in [3.05, 3.63) is 35.7 Å². The quantitative estimate of drug-likeness (QED) is 0.137. The number of ether oxygens (including phenoxy) is 2. The third kappa shape index (κ3) is 9.84. The lowest BCUT2D eigenvalue weighted by molar-refractivity contribution is -0.135. The first kappa shape index (κ1) is 22.0. The summed E-state index contributed by atoms with van der Waals surface area (Å²) < 4.78 is 23.4. The molecule has 0 unspecified atom stereocenters. The van der Waals surface area contributed by atoms with Gasteiger partial charge in [0.15, 0.2) is 11.6 Å². The molecule has 0 saturated carbocycles. The second kappa shape index (κ2) is 10.8. The van der Waals surface area contributed by atoms with E-state index in [-0.39, 0.29) is 12.2 Å². The lowest BCUT2D eigenvalue weighted by Gasteiger charge is -2.08. The lowest BCUT2D eigenvalue weighted by atomic mass is 10.2. The first-order chi connectivity index (χ1) is 11.7. The molecule has 1 aromatic rings. The van der Waals surface area contributed by atoms with Crippen LogP contribution in [-0.2, 0) is 14.3 Å². The van der Waals surface area contributed by atoms with Gasteiger partial charge in [-0.3, -0.25) is 4.79 Å². The van der Waals surface area contributed by atoms with Gasteiger partial charge in [-0.25, -0.2) is 9.18 Å². The molecule has 0 saturated heterocycles. The van der Waals surface area contributed by atoms with Gasteiger partial charge in [0.05, 0.1) is 7.11 Å². The number of unbranched alkanes of at least 4 members (excludes halogenated alkanes) is 2. The first-order valence-corrected chi connectivity index (χ1v) is 12.8. The number of benzene rings is 1. The molecule has 138 valence electrons. The van der Waals surface area contributed by atoms with E-state index in [1.165, 1.54) is 31.4 Å². The van der Waals surface area contributed by atoms with Crippen LogP contribution in [0.25, 0.3) is 6.08 Å². The number of esters is 2. The van der Waals surface area contributed by atoms with Gasteiger partial charge in [-0.1, -0.05) is 18.9 Å². The number of halogens is 4. The lowest BCUT2D eigenvalue weighted by Crippen LogP contribution is -2.10. The van der Waals surface area contributed by atoms with E-state index >= 15 is 0 Å². The zero-order valence-electron chi connectivity index (χ0n) is 13.6. The van der Waals surface area contributed by atoms with E-state index in [0.717, 1.165) is 18.9 Å². The number of carbonyl (C=O) groups excluding carboxylic acids is 2. The fraction of sp³-hybridized carbons (Fsp3) is 0.375. The second-order valence-corrected chi connectivity index (χ2v) is 14.5. The zero-order valence-corrected chi connectivity index (χ0v) is 16.8. The molecule has 25 heavy (non-hydrogen) atoms. The normalized spacial score (nSPS) is 11.6. The number of methoxy groups -OCH3 is 1. The van der Waals surface area contributed by atoms with Gasteiger partial charge in [0.25, 0.3) is 0 Å². The minimum Gasteiger partial charge on any atom is -0.466 e. The van der Waals surface area contributed by atoms with Crippen LogP contribution in [0.3, 0.4) is 0 Å². The molecular formula is C16H18Cl3FO4Si. The SMILES string of the molecule is COC(=O)C=Cc1ccc(OC(=O)CCCCC[Si](Cl)(Cl)Cl)c(F)c1. The van der Waals surface area contributed by atoms with Crippen LogP contribution in [0.1, 0.15) is 31.2 Å². The monoisotopic (exact) mass is 426 g/mol. The Bertz CT molecular complexity index is 632. The number of hydrogen-bond donors (Lipinski definition) is 0. The van der Waals surface area contributed by atoms with E-state index in [1.807, 2.05) is 0 Å². The van der Waals surface area contributed by atoms with E-state index in [2.05, 4.69) is 4.74 Å². The van der Waals surface area contributed by atoms with Gasteiger partial charge in [0.2, 0.25) is 0 Å². The molecule has 0 aromatic heterocycles. The number of hydrogen-bond acceptors (Lipinski definition) is 4. The van der Waals surface area contributed by atoms with Crippen LogP contribution < -0.4 is 4.74 Å². The van der Waals surface area contributed by atoms with Crippen LogP contribution in [0.15, 0.2) is 24.3 Å². The highest BCUT2D eigenvalue weighted by atomic mass is 35.8. The molecule has 1 aromatic carbocycles. The van der Waals surface area contributed by atoms with E-state index in [1.54, 1.807) is 0 Å². The molecule has 0 fully saturated rings. The molecule has 0 N–H and O–H groups in total. The van der Waals surface area contributed by atoms with Crippen molar-refractivity contribution in [3.8, 4) is 5.75 Å². The Morgan fingerprint density at radius 3 is 2.52 bits per heavy atom. The largest absolute Gasteiger partial charge is 0.466 e. The van der Waals surface area contributed by atoms with Gasteiger partial charge in [-0.05, 0) is 36.2 Å². The maximum atomic E-state index is 13.9. The van der Waals surface area contributed by atoms with Gasteiger partial charge < -0.3 is 9.47 Å². The van der Waals surface area contributed by atoms with Gasteiger partial charge in [0, 0.05) is 12.5 Å². The van der Waals surface area contributed by atoms with Crippen molar-refractivity contribution in [1.82, 2.24) is 0 Å². The standard InChI is InChI=1S/C16H18Cl3FO4Si/c1-23-15(21)9-7-12-6-8-14(13(20)11-12)24-16(22)5-3-2-4-10-25(17,18)19/h6-9,11H,2-5,10H2,1H3. The van der Waals surface area contributed by atoms with E-state index < -0.39 is 23.8 Å². The van der Waals surface area contributed by atoms with Crippen LogP contribution in [-0.4, -0.2) is 25.1 Å². The van der Waals surface area contributed by atoms with Crippen molar-refractivity contribution < 1.29 is 23.5 Å². The molecule has 0 amide bonds. The molecule has 0 spiro atoms. The minimum atomic E-state index is -2.61. The smallest absolute Gasteiger partial charge is 0.341 e. The molecule has 9 heteroatoms. The maximum Gasteiger partial charge on any atom is 0.341 e. The third-order valence-electron chi connectivity index (χ3n) is 3.13. The number of rotatable bonds is 9. The fourth-order valence-electron chi connectivity index (χ4n) is 1.88. The average molecular weight is 428 g/mol. The van der Waals surface area contributed by atoms with Gasteiger partial charge >= 0.3 is 17.9 Å². The Morgan fingerprint density at radius 2 is 1.92 bits per heavy atom. The van der Waals surface area contributed by atoms with Crippen molar-refractivity contribution in [2.75, 3.05) is 7.11 Å². The summed E-state index contributed by atoms with van der Waals surface area (Å²) in [5.41, 5.74) is 0.443. The molecule has 4 nitrogen and oxygen atoms in total. The molecule has 0 aliphatic carbocycles. The molecule has 0 radical (unpaired) electrons. The highest BCUT2D eigenvalue weighted by molar-refractivity contribution is 7.64. The summed E-state index contributed by atoms with van der Waals surface area (Å²) in [5.74, 6) is -1.92. The summed E-state index contributed by atoms with van der Waals surface area (Å²) in [6.45, 7) is 0. The van der Waals surface area contributed by atoms with E-state index in [9.17, 15) is 14.0 Å². The van der Waals surface area contributed by atoms with Crippen LogP contribution in [0, 0.1) is 5.82 Å². The predicted octanol–water partition coefficient (Wildman–Crippen LogP) is 5.13. The molecular weight excluding hydrogens is 410 g/mol. The van der Waals surface area contributed by atoms with Crippen LogP contribution >= 0.6 is 33.2 Å². The van der Waals surface area contributed by atoms with Crippen molar-refractivity contribution in [2.24, 2.45) is 0 Å². The second-order valence-electron chi connectivity index (χ2n) is 5.20. The molecule has 0 aliphatic heterocycles. The topological polar surface area (TPSA) is 52.6 Å². The maximum absolute atomic E-state index is 13.9. The summed E-state index contributed by atoms with van der Waals surface area (Å²) in [4.78, 5) is 22.7. The fourth-order valence-corrected chi connectivity index (χ4v) is 3.73. The van der Waals surface area contributed by atoms with Crippen LogP contribution in [0.4, 0.5) is 4.39 Å².